The molecule has 0 fully saturated rings. The summed E-state index contributed by atoms with van der Waals surface area (Å²) in [5, 5.41) is 12.0. The fourth-order valence-electron chi connectivity index (χ4n) is 5.39. The molecule has 0 unspecified atom stereocenters. The van der Waals surface area contributed by atoms with Gasteiger partial charge in [-0.15, -0.1) is 0 Å². The molecule has 0 amide bonds. The van der Waals surface area contributed by atoms with Gasteiger partial charge in [0, 0.05) is 18.4 Å². The molecule has 196 valence electrons. The van der Waals surface area contributed by atoms with Gasteiger partial charge in [-0.1, -0.05) is 131 Å². The molecule has 0 saturated carbocycles. The Labute approximate surface area is 225 Å². The molecule has 0 aliphatic heterocycles. The van der Waals surface area contributed by atoms with E-state index < -0.39 is 7.26 Å². The third-order valence-corrected chi connectivity index (χ3v) is 12.7. The lowest BCUT2D eigenvalue weighted by atomic mass is 9.93. The quantitative estimate of drug-likeness (QED) is 0.0946. The standard InChI is InChI=1S/C34H43O2P/c1-4-7-25-37(26-8-5-2,27-9-6-3)34(30-23-17-12-18-24-30)31(32(35)28-19-13-10-14-20-28)33(36)29-21-15-11-16-22-29/h10-24,34H,4-9,25-27H2,1-3H3/p+1/t34-/m0/s1. The van der Waals surface area contributed by atoms with E-state index in [4.69, 9.17) is 0 Å². The van der Waals surface area contributed by atoms with Crippen molar-refractivity contribution in [3.8, 4) is 0 Å². The van der Waals surface area contributed by atoms with Crippen LogP contribution >= 0.6 is 7.26 Å². The topological polar surface area (TPSA) is 37.3 Å². The summed E-state index contributed by atoms with van der Waals surface area (Å²) in [6.07, 6.45) is 10.3. The molecule has 0 bridgehead atoms. The predicted molar refractivity (Wildman–Crippen MR) is 162 cm³/mol. The summed E-state index contributed by atoms with van der Waals surface area (Å²) >= 11 is 0. The lowest BCUT2D eigenvalue weighted by Gasteiger charge is -2.37. The molecule has 0 aliphatic carbocycles. The van der Waals surface area contributed by atoms with Gasteiger partial charge >= 0.3 is 0 Å². The molecule has 37 heavy (non-hydrogen) atoms. The Balaban J connectivity index is 2.37. The zero-order chi connectivity index (χ0) is 26.5. The summed E-state index contributed by atoms with van der Waals surface area (Å²) < 4.78 is 0. The van der Waals surface area contributed by atoms with Gasteiger partial charge in [-0.05, 0) is 24.8 Å². The molecular weight excluding hydrogens is 471 g/mol. The molecule has 3 aromatic carbocycles. The smallest absolute Gasteiger partial charge is 0.197 e. The maximum absolute atomic E-state index is 14.4. The van der Waals surface area contributed by atoms with Crippen LogP contribution in [0.3, 0.4) is 0 Å². The van der Waals surface area contributed by atoms with E-state index in [0.29, 0.717) is 16.7 Å². The fourth-order valence-corrected chi connectivity index (χ4v) is 11.3. The first-order chi connectivity index (χ1) is 18.1. The van der Waals surface area contributed by atoms with E-state index in [0.717, 1.165) is 57.0 Å². The number of allylic oxidation sites excluding steroid dienone is 1. The Morgan fingerprint density at radius 3 is 1.49 bits per heavy atom. The molecule has 0 aromatic heterocycles. The number of unbranched alkanes of at least 4 members (excludes halogenated alkanes) is 3. The second-order valence-electron chi connectivity index (χ2n) is 10.1. The molecule has 0 spiro atoms. The summed E-state index contributed by atoms with van der Waals surface area (Å²) in [7, 11) is -1.72. The number of carbonyl (C=O) groups is 1. The minimum atomic E-state index is -1.72. The van der Waals surface area contributed by atoms with Crippen LogP contribution in [-0.4, -0.2) is 29.4 Å². The summed E-state index contributed by atoms with van der Waals surface area (Å²) in [5.74, 6) is 0.0850. The molecule has 0 radical (unpaired) electrons. The van der Waals surface area contributed by atoms with E-state index in [1.807, 2.05) is 66.7 Å². The monoisotopic (exact) mass is 515 g/mol. The Kier molecular flexibility index (Phi) is 11.6. The van der Waals surface area contributed by atoms with Gasteiger partial charge in [-0.25, -0.2) is 0 Å². The third-order valence-electron chi connectivity index (χ3n) is 7.39. The van der Waals surface area contributed by atoms with Crippen molar-refractivity contribution in [3.05, 3.63) is 113 Å². The maximum atomic E-state index is 14.4. The highest BCUT2D eigenvalue weighted by Crippen LogP contribution is 2.73. The summed E-state index contributed by atoms with van der Waals surface area (Å²) in [5.41, 5.74) is 3.01. The van der Waals surface area contributed by atoms with Crippen molar-refractivity contribution in [2.75, 3.05) is 18.5 Å². The van der Waals surface area contributed by atoms with Crippen LogP contribution in [0.5, 0.6) is 0 Å². The lowest BCUT2D eigenvalue weighted by molar-refractivity contribution is 0.103. The van der Waals surface area contributed by atoms with E-state index in [-0.39, 0.29) is 17.2 Å². The third kappa shape index (κ3) is 7.42. The second-order valence-corrected chi connectivity index (χ2v) is 14.4. The zero-order valence-electron chi connectivity index (χ0n) is 22.9. The first kappa shape index (κ1) is 28.9. The Morgan fingerprint density at radius 2 is 1.05 bits per heavy atom. The first-order valence-corrected chi connectivity index (χ1v) is 16.5. The molecular formula is C34H44O2P+. The minimum absolute atomic E-state index is 0.0512. The highest BCUT2D eigenvalue weighted by Gasteiger charge is 2.49. The van der Waals surface area contributed by atoms with Crippen molar-refractivity contribution in [3.63, 3.8) is 0 Å². The van der Waals surface area contributed by atoms with Crippen LogP contribution in [0.4, 0.5) is 0 Å². The number of ketones is 1. The van der Waals surface area contributed by atoms with Gasteiger partial charge in [0.25, 0.3) is 0 Å². The van der Waals surface area contributed by atoms with Gasteiger partial charge in [0.1, 0.15) is 11.4 Å². The number of carbonyl (C=O) groups excluding carboxylic acids is 1. The Bertz CT molecular complexity index is 1080. The van der Waals surface area contributed by atoms with Gasteiger partial charge in [0.15, 0.2) is 5.78 Å². The van der Waals surface area contributed by atoms with Gasteiger partial charge in [-0.2, -0.15) is 0 Å². The van der Waals surface area contributed by atoms with E-state index >= 15 is 0 Å². The van der Waals surface area contributed by atoms with Crippen LogP contribution in [0, 0.1) is 0 Å². The van der Waals surface area contributed by atoms with Gasteiger partial charge in [0.2, 0.25) is 0 Å². The van der Waals surface area contributed by atoms with Crippen molar-refractivity contribution in [1.29, 1.82) is 0 Å². The molecule has 2 nitrogen and oxygen atoms in total. The number of aliphatic hydroxyl groups excluding tert-OH is 1. The van der Waals surface area contributed by atoms with Crippen LogP contribution in [-0.2, 0) is 0 Å². The number of Topliss-reactive ketones (excluding diaryl/α,β-unsaturated/α-hetero) is 1. The molecule has 1 atom stereocenters. The SMILES string of the molecule is CCCC[P+](CCCC)(CCCC)[C@H](/C(C(=O)c1ccccc1)=C(\O)c1ccccc1)c1ccccc1. The van der Waals surface area contributed by atoms with Crippen LogP contribution < -0.4 is 0 Å². The molecule has 0 saturated heterocycles. The number of rotatable bonds is 15. The summed E-state index contributed by atoms with van der Waals surface area (Å²) in [4.78, 5) is 14.4. The fraction of sp³-hybridized carbons (Fsp3) is 0.382. The Hall–Kier alpha value is -2.70. The van der Waals surface area contributed by atoms with Gasteiger partial charge in [-0.3, -0.25) is 4.79 Å². The molecule has 3 aromatic rings. The number of hydrogen-bond acceptors (Lipinski definition) is 2. The molecule has 0 aliphatic rings. The zero-order valence-corrected chi connectivity index (χ0v) is 23.8. The first-order valence-electron chi connectivity index (χ1n) is 14.1. The number of benzene rings is 3. The van der Waals surface area contributed by atoms with Crippen molar-refractivity contribution in [1.82, 2.24) is 0 Å². The second kappa shape index (κ2) is 14.9. The van der Waals surface area contributed by atoms with Crippen LogP contribution in [0.2, 0.25) is 0 Å². The van der Waals surface area contributed by atoms with E-state index in [1.54, 1.807) is 0 Å². The number of hydrogen-bond donors (Lipinski definition) is 1. The van der Waals surface area contributed by atoms with Gasteiger partial charge < -0.3 is 5.11 Å². The maximum Gasteiger partial charge on any atom is 0.197 e. The highest BCUT2D eigenvalue weighted by atomic mass is 31.2. The van der Waals surface area contributed by atoms with Crippen molar-refractivity contribution in [2.24, 2.45) is 0 Å². The highest BCUT2D eigenvalue weighted by molar-refractivity contribution is 7.76. The summed E-state index contributed by atoms with van der Waals surface area (Å²) in [6, 6.07) is 29.7. The Morgan fingerprint density at radius 1 is 0.649 bits per heavy atom. The number of aliphatic hydroxyl groups is 1. The largest absolute Gasteiger partial charge is 0.507 e. The van der Waals surface area contributed by atoms with Crippen LogP contribution in [0.1, 0.15) is 86.4 Å². The predicted octanol–water partition coefficient (Wildman–Crippen LogP) is 10.00. The summed E-state index contributed by atoms with van der Waals surface area (Å²) in [6.45, 7) is 6.79. The van der Waals surface area contributed by atoms with Crippen molar-refractivity contribution < 1.29 is 9.90 Å². The molecule has 3 rings (SSSR count). The van der Waals surface area contributed by atoms with Crippen LogP contribution in [0.25, 0.3) is 5.76 Å². The average Bonchev–Trinajstić information content (AvgIpc) is 2.96. The normalized spacial score (nSPS) is 13.2. The van der Waals surface area contributed by atoms with E-state index in [9.17, 15) is 9.90 Å². The lowest BCUT2D eigenvalue weighted by Crippen LogP contribution is -2.23. The van der Waals surface area contributed by atoms with E-state index in [2.05, 4.69) is 45.0 Å². The van der Waals surface area contributed by atoms with Crippen molar-refractivity contribution in [2.45, 2.75) is 65.0 Å². The van der Waals surface area contributed by atoms with Crippen molar-refractivity contribution >= 4 is 18.8 Å². The van der Waals surface area contributed by atoms with Crippen LogP contribution in [0.15, 0.2) is 96.6 Å². The van der Waals surface area contributed by atoms with Gasteiger partial charge in [0.05, 0.1) is 24.1 Å². The average molecular weight is 516 g/mol. The minimum Gasteiger partial charge on any atom is -0.507 e. The molecule has 0 heterocycles. The van der Waals surface area contributed by atoms with E-state index in [1.165, 1.54) is 5.56 Å². The molecule has 3 heteroatoms. The molecule has 1 N–H and O–H groups in total.